The van der Waals surface area contributed by atoms with Crippen LogP contribution in [0.25, 0.3) is 0 Å². The van der Waals surface area contributed by atoms with E-state index in [1.807, 2.05) is 0 Å². The molecule has 0 amide bonds. The summed E-state index contributed by atoms with van der Waals surface area (Å²) in [5.41, 5.74) is 0. The SMILES string of the molecule is CCCCCCCCN(CCCCCCCC)CCC(=O)O.CCCCCCCCN(CCCCCCCC)CCC(=O)O.[Ni+2]. The Morgan fingerprint density at radius 2 is 0.556 bits per heavy atom. The second-order valence-corrected chi connectivity index (χ2v) is 13.0. The minimum absolute atomic E-state index is 0. The summed E-state index contributed by atoms with van der Waals surface area (Å²) in [6, 6.07) is 0. The van der Waals surface area contributed by atoms with Crippen LogP contribution in [0.5, 0.6) is 0 Å². The minimum Gasteiger partial charge on any atom is -0.481 e. The van der Waals surface area contributed by atoms with Crippen LogP contribution in [0.3, 0.4) is 0 Å². The molecule has 0 aromatic carbocycles. The standard InChI is InChI=1S/2C19H39NO2.Ni/c2*1-3-5-7-9-11-13-16-20(18-15-19(21)22)17-14-12-10-8-6-4-2;/h2*3-18H2,1-2H3,(H,21,22);/q;;+2. The Kier molecular flexibility index (Phi) is 44.8. The Hall–Kier alpha value is -0.646. The topological polar surface area (TPSA) is 81.1 Å². The van der Waals surface area contributed by atoms with Gasteiger partial charge < -0.3 is 20.0 Å². The summed E-state index contributed by atoms with van der Waals surface area (Å²) in [5.74, 6) is -1.34. The third-order valence-corrected chi connectivity index (χ3v) is 8.60. The van der Waals surface area contributed by atoms with Crippen molar-refractivity contribution in [1.29, 1.82) is 0 Å². The van der Waals surface area contributed by atoms with Gasteiger partial charge in [-0.1, -0.05) is 156 Å². The van der Waals surface area contributed by atoms with Gasteiger partial charge in [-0.25, -0.2) is 0 Å². The number of carbonyl (C=O) groups is 2. The zero-order valence-electron chi connectivity index (χ0n) is 30.5. The van der Waals surface area contributed by atoms with Crippen LogP contribution in [-0.4, -0.2) is 71.2 Å². The van der Waals surface area contributed by atoms with E-state index in [9.17, 15) is 9.59 Å². The molecule has 2 N–H and O–H groups in total. The summed E-state index contributed by atoms with van der Waals surface area (Å²) < 4.78 is 0. The maximum absolute atomic E-state index is 10.8. The molecular weight excluding hydrogens is 607 g/mol. The van der Waals surface area contributed by atoms with Crippen LogP contribution in [0.15, 0.2) is 0 Å². The Morgan fingerprint density at radius 1 is 0.356 bits per heavy atom. The molecule has 0 aliphatic rings. The van der Waals surface area contributed by atoms with E-state index in [-0.39, 0.29) is 29.3 Å². The van der Waals surface area contributed by atoms with Gasteiger partial charge in [0.2, 0.25) is 0 Å². The molecule has 0 bridgehead atoms. The maximum atomic E-state index is 10.8. The number of rotatable bonds is 34. The van der Waals surface area contributed by atoms with E-state index < -0.39 is 11.9 Å². The molecule has 0 atom stereocenters. The maximum Gasteiger partial charge on any atom is 2.00 e. The van der Waals surface area contributed by atoms with E-state index in [1.165, 1.54) is 154 Å². The molecule has 0 rings (SSSR count). The van der Waals surface area contributed by atoms with Gasteiger partial charge in [0, 0.05) is 13.1 Å². The fraction of sp³-hybridized carbons (Fsp3) is 0.947. The van der Waals surface area contributed by atoms with Crippen LogP contribution in [-0.2, 0) is 26.1 Å². The van der Waals surface area contributed by atoms with E-state index in [0.29, 0.717) is 0 Å². The molecule has 45 heavy (non-hydrogen) atoms. The monoisotopic (exact) mass is 685 g/mol. The second-order valence-electron chi connectivity index (χ2n) is 13.0. The Morgan fingerprint density at radius 3 is 0.756 bits per heavy atom. The third-order valence-electron chi connectivity index (χ3n) is 8.60. The van der Waals surface area contributed by atoms with Gasteiger partial charge in [0.1, 0.15) is 0 Å². The van der Waals surface area contributed by atoms with Crippen LogP contribution in [0.2, 0.25) is 0 Å². The first-order valence-electron chi connectivity index (χ1n) is 19.3. The summed E-state index contributed by atoms with van der Waals surface area (Å²) in [5, 5.41) is 17.7. The molecule has 0 aliphatic heterocycles. The summed E-state index contributed by atoms with van der Waals surface area (Å²) in [7, 11) is 0. The molecule has 0 saturated heterocycles. The molecule has 6 nitrogen and oxygen atoms in total. The average molecular weight is 686 g/mol. The number of hydrogen-bond acceptors (Lipinski definition) is 4. The van der Waals surface area contributed by atoms with Crippen molar-refractivity contribution in [3.05, 3.63) is 0 Å². The molecule has 7 heteroatoms. The van der Waals surface area contributed by atoms with Crippen molar-refractivity contribution in [2.24, 2.45) is 0 Å². The van der Waals surface area contributed by atoms with Gasteiger partial charge in [0.05, 0.1) is 12.8 Å². The van der Waals surface area contributed by atoms with Crippen molar-refractivity contribution >= 4 is 11.9 Å². The molecule has 0 spiro atoms. The van der Waals surface area contributed by atoms with Crippen molar-refractivity contribution in [2.45, 2.75) is 195 Å². The predicted molar refractivity (Wildman–Crippen MR) is 191 cm³/mol. The zero-order valence-corrected chi connectivity index (χ0v) is 31.5. The van der Waals surface area contributed by atoms with Gasteiger partial charge in [-0.3, -0.25) is 9.59 Å². The van der Waals surface area contributed by atoms with Gasteiger partial charge in [-0.15, -0.1) is 0 Å². The van der Waals surface area contributed by atoms with Crippen molar-refractivity contribution in [3.8, 4) is 0 Å². The smallest absolute Gasteiger partial charge is 0.481 e. The molecule has 0 heterocycles. The van der Waals surface area contributed by atoms with Crippen molar-refractivity contribution in [2.75, 3.05) is 39.3 Å². The summed E-state index contributed by atoms with van der Waals surface area (Å²) in [4.78, 5) is 26.3. The minimum atomic E-state index is -0.670. The average Bonchev–Trinajstić information content (AvgIpc) is 3.00. The molecule has 272 valence electrons. The molecule has 0 aromatic heterocycles. The number of carboxylic acid groups (broad SMARTS) is 2. The molecule has 0 radical (unpaired) electrons. The van der Waals surface area contributed by atoms with Crippen molar-refractivity contribution in [3.63, 3.8) is 0 Å². The van der Waals surface area contributed by atoms with E-state index in [1.54, 1.807) is 0 Å². The normalized spacial score (nSPS) is 11.0. The van der Waals surface area contributed by atoms with Gasteiger partial charge in [-0.2, -0.15) is 0 Å². The fourth-order valence-corrected chi connectivity index (χ4v) is 5.64. The molecule has 0 unspecified atom stereocenters. The van der Waals surface area contributed by atoms with E-state index in [2.05, 4.69) is 37.5 Å². The van der Waals surface area contributed by atoms with Crippen LogP contribution >= 0.6 is 0 Å². The van der Waals surface area contributed by atoms with Gasteiger partial charge in [-0.05, 0) is 51.9 Å². The molecule has 0 aromatic rings. The number of unbranched alkanes of at least 4 members (excludes halogenated alkanes) is 20. The van der Waals surface area contributed by atoms with Crippen molar-refractivity contribution in [1.82, 2.24) is 9.80 Å². The van der Waals surface area contributed by atoms with Crippen LogP contribution in [0, 0.1) is 0 Å². The largest absolute Gasteiger partial charge is 2.00 e. The third kappa shape index (κ3) is 43.4. The summed E-state index contributed by atoms with van der Waals surface area (Å²) in [6.45, 7) is 14.7. The number of nitrogens with zero attached hydrogens (tertiary/aromatic N) is 2. The van der Waals surface area contributed by atoms with Crippen LogP contribution < -0.4 is 0 Å². The van der Waals surface area contributed by atoms with Gasteiger partial charge >= 0.3 is 28.4 Å². The first-order valence-corrected chi connectivity index (χ1v) is 19.3. The fourth-order valence-electron chi connectivity index (χ4n) is 5.64. The predicted octanol–water partition coefficient (Wildman–Crippen LogP) is 11.0. The van der Waals surface area contributed by atoms with E-state index in [0.717, 1.165) is 39.3 Å². The number of aliphatic carboxylic acids is 2. The summed E-state index contributed by atoms with van der Waals surface area (Å²) in [6.07, 6.45) is 31.9. The van der Waals surface area contributed by atoms with E-state index in [4.69, 9.17) is 10.2 Å². The number of hydrogen-bond donors (Lipinski definition) is 2. The van der Waals surface area contributed by atoms with Crippen LogP contribution in [0.4, 0.5) is 0 Å². The van der Waals surface area contributed by atoms with Crippen molar-refractivity contribution < 1.29 is 36.3 Å². The molecule has 0 fully saturated rings. The quantitative estimate of drug-likeness (QED) is 0.0518. The molecule has 0 saturated carbocycles. The van der Waals surface area contributed by atoms with E-state index >= 15 is 0 Å². The molecular formula is C38H78N2NiO4+2. The zero-order chi connectivity index (χ0) is 32.9. The Balaban J connectivity index is -0.000000767. The molecule has 0 aliphatic carbocycles. The van der Waals surface area contributed by atoms with Gasteiger partial charge in [0.25, 0.3) is 0 Å². The number of carboxylic acids is 2. The summed E-state index contributed by atoms with van der Waals surface area (Å²) >= 11 is 0. The first-order chi connectivity index (χ1) is 21.4. The Bertz CT molecular complexity index is 512. The Labute approximate surface area is 291 Å². The van der Waals surface area contributed by atoms with Crippen LogP contribution in [0.1, 0.15) is 195 Å². The first kappa shape index (κ1) is 48.7. The van der Waals surface area contributed by atoms with Gasteiger partial charge in [0.15, 0.2) is 0 Å². The second kappa shape index (κ2) is 41.4.